The Morgan fingerprint density at radius 1 is 1.20 bits per heavy atom. The maximum Gasteiger partial charge on any atom is 0.506 e. The van der Waals surface area contributed by atoms with Gasteiger partial charge in [-0.3, -0.25) is 0 Å². The third kappa shape index (κ3) is 6.63. The normalized spacial score (nSPS) is 15.4. The van der Waals surface area contributed by atoms with Crippen molar-refractivity contribution in [2.75, 3.05) is 0 Å². The molecule has 0 radical (unpaired) electrons. The third-order valence-electron chi connectivity index (χ3n) is 1.84. The highest BCUT2D eigenvalue weighted by molar-refractivity contribution is 7.93. The molecule has 1 aromatic heterocycles. The average Bonchev–Trinajstić information content (AvgIpc) is 2.39. The SMILES string of the molecule is Cn1cccnc1=NS(=O)(=N[N+]#N)C(F)(F)F.O=S(=O)([O-])C(F)(F)F. The molecule has 142 valence electrons. The van der Waals surface area contributed by atoms with E-state index < -0.39 is 36.7 Å². The highest BCUT2D eigenvalue weighted by Gasteiger charge is 2.48. The van der Waals surface area contributed by atoms with E-state index in [1.165, 1.54) is 25.5 Å². The highest BCUT2D eigenvalue weighted by atomic mass is 32.2. The van der Waals surface area contributed by atoms with Crippen LogP contribution in [0.3, 0.4) is 0 Å². The van der Waals surface area contributed by atoms with Gasteiger partial charge in [0.2, 0.25) is 5.62 Å². The lowest BCUT2D eigenvalue weighted by Gasteiger charge is -2.08. The first-order valence-electron chi connectivity index (χ1n) is 5.28. The van der Waals surface area contributed by atoms with Crippen LogP contribution in [0.1, 0.15) is 0 Å². The second kappa shape index (κ2) is 7.75. The Labute approximate surface area is 135 Å². The van der Waals surface area contributed by atoms with Gasteiger partial charge in [0.25, 0.3) is 9.86 Å². The number of halogens is 6. The summed E-state index contributed by atoms with van der Waals surface area (Å²) in [5, 5.41) is 9.90. The van der Waals surface area contributed by atoms with E-state index in [-0.39, 0.29) is 0 Å². The Morgan fingerprint density at radius 2 is 1.68 bits per heavy atom. The van der Waals surface area contributed by atoms with Gasteiger partial charge in [-0.15, -0.1) is 4.40 Å². The maximum absolute atomic E-state index is 12.4. The van der Waals surface area contributed by atoms with Crippen molar-refractivity contribution in [3.8, 4) is 0 Å². The summed E-state index contributed by atoms with van der Waals surface area (Å²) in [6, 6.07) is 1.45. The first-order chi connectivity index (χ1) is 11.0. The molecule has 0 saturated carbocycles. The fourth-order valence-corrected chi connectivity index (χ4v) is 1.53. The second-order valence-electron chi connectivity index (χ2n) is 3.64. The first-order valence-corrected chi connectivity index (χ1v) is 8.16. The molecule has 0 N–H and O–H groups in total. The van der Waals surface area contributed by atoms with Crippen LogP contribution in [0.5, 0.6) is 0 Å². The van der Waals surface area contributed by atoms with E-state index in [0.29, 0.717) is 0 Å². The predicted octanol–water partition coefficient (Wildman–Crippen LogP) is 1.04. The molecule has 0 saturated heterocycles. The number of hydrogen-bond donors (Lipinski definition) is 0. The Morgan fingerprint density at radius 3 is 2.00 bits per heavy atom. The van der Waals surface area contributed by atoms with Gasteiger partial charge in [-0.2, -0.15) is 26.3 Å². The summed E-state index contributed by atoms with van der Waals surface area (Å²) in [5.74, 6) is 0. The van der Waals surface area contributed by atoms with E-state index in [4.69, 9.17) is 18.4 Å². The molecular formula is C7H6F6N6O4S2. The molecule has 0 aliphatic rings. The van der Waals surface area contributed by atoms with Crippen LogP contribution >= 0.6 is 0 Å². The van der Waals surface area contributed by atoms with Crippen molar-refractivity contribution in [1.82, 2.24) is 9.55 Å². The summed E-state index contributed by atoms with van der Waals surface area (Å²) >= 11 is 0. The molecule has 25 heavy (non-hydrogen) atoms. The van der Waals surface area contributed by atoms with Crippen molar-refractivity contribution in [3.05, 3.63) is 29.2 Å². The van der Waals surface area contributed by atoms with Crippen LogP contribution in [-0.2, 0) is 27.1 Å². The van der Waals surface area contributed by atoms with Gasteiger partial charge >= 0.3 is 26.0 Å². The largest absolute Gasteiger partial charge is 0.741 e. The fourth-order valence-electron chi connectivity index (χ4n) is 0.799. The lowest BCUT2D eigenvalue weighted by Crippen LogP contribution is -2.28. The van der Waals surface area contributed by atoms with Crippen molar-refractivity contribution < 1.29 is 43.5 Å². The minimum absolute atomic E-state index is 0.456. The molecule has 0 bridgehead atoms. The Balaban J connectivity index is 0.000000609. The zero-order valence-corrected chi connectivity index (χ0v) is 13.3. The highest BCUT2D eigenvalue weighted by Crippen LogP contribution is 2.26. The minimum atomic E-state index is -6.09. The first kappa shape index (κ1) is 22.7. The monoisotopic (exact) mass is 416 g/mol. The van der Waals surface area contributed by atoms with Crippen molar-refractivity contribution >= 4 is 20.0 Å². The predicted molar refractivity (Wildman–Crippen MR) is 66.2 cm³/mol. The standard InChI is InChI=1S/C6H6F3N6OS.CHF3O3S/c1-15-4-2-3-11-5(15)12-17(16,14-13-10)6(7,8)9;2-1(3,4)8(5,6)7/h2-4H,1H3;(H,5,6,7)/q+1;/p-1. The van der Waals surface area contributed by atoms with Gasteiger partial charge in [0.05, 0.1) is 0 Å². The van der Waals surface area contributed by atoms with Crippen LogP contribution in [0.2, 0.25) is 0 Å². The molecule has 0 aromatic carbocycles. The van der Waals surface area contributed by atoms with E-state index >= 15 is 0 Å². The van der Waals surface area contributed by atoms with Crippen LogP contribution in [0.4, 0.5) is 26.3 Å². The number of aryl methyl sites for hydroxylation is 1. The third-order valence-corrected chi connectivity index (χ3v) is 3.71. The molecule has 1 atom stereocenters. The molecule has 1 heterocycles. The van der Waals surface area contributed by atoms with Gasteiger partial charge < -0.3 is 9.12 Å². The van der Waals surface area contributed by atoms with Crippen molar-refractivity contribution in [2.24, 2.45) is 15.9 Å². The average molecular weight is 416 g/mol. The number of hydrogen-bond acceptors (Lipinski definition) is 7. The Bertz CT molecular complexity index is 934. The van der Waals surface area contributed by atoms with Gasteiger partial charge in [0.15, 0.2) is 10.1 Å². The van der Waals surface area contributed by atoms with Gasteiger partial charge in [-0.05, 0) is 6.07 Å². The van der Waals surface area contributed by atoms with E-state index in [9.17, 15) is 30.6 Å². The quantitative estimate of drug-likeness (QED) is 0.220. The molecule has 1 rings (SSSR count). The topological polar surface area (TPSA) is 145 Å². The molecule has 0 fully saturated rings. The maximum atomic E-state index is 12.4. The van der Waals surface area contributed by atoms with Crippen LogP contribution in [0.25, 0.3) is 5.08 Å². The molecule has 0 aliphatic heterocycles. The van der Waals surface area contributed by atoms with Crippen LogP contribution in [-0.4, -0.2) is 37.7 Å². The summed E-state index contributed by atoms with van der Waals surface area (Å²) in [5.41, 5.74) is -11.4. The van der Waals surface area contributed by atoms with Gasteiger partial charge in [-0.1, -0.05) is 0 Å². The number of rotatable bonds is 1. The molecular weight excluding hydrogens is 410 g/mol. The minimum Gasteiger partial charge on any atom is -0.741 e. The summed E-state index contributed by atoms with van der Waals surface area (Å²) in [4.78, 5) is 3.49. The van der Waals surface area contributed by atoms with Crippen molar-refractivity contribution in [2.45, 2.75) is 11.0 Å². The van der Waals surface area contributed by atoms with Gasteiger partial charge in [0, 0.05) is 19.4 Å². The molecule has 1 unspecified atom stereocenters. The zero-order valence-electron chi connectivity index (χ0n) is 11.6. The summed E-state index contributed by atoms with van der Waals surface area (Å²) in [7, 11) is -9.81. The van der Waals surface area contributed by atoms with Crippen LogP contribution < -0.4 is 5.62 Å². The summed E-state index contributed by atoms with van der Waals surface area (Å²) in [6.07, 6.45) is 2.53. The van der Waals surface area contributed by atoms with E-state index in [1.807, 2.05) is 5.08 Å². The molecule has 18 heteroatoms. The smallest absolute Gasteiger partial charge is 0.506 e. The zero-order chi connectivity index (χ0) is 20.1. The lowest BCUT2D eigenvalue weighted by atomic mass is 10.7. The Kier molecular flexibility index (Phi) is 7.05. The molecule has 10 nitrogen and oxygen atoms in total. The van der Waals surface area contributed by atoms with Crippen molar-refractivity contribution in [1.29, 1.82) is 5.39 Å². The van der Waals surface area contributed by atoms with Crippen molar-refractivity contribution in [3.63, 3.8) is 0 Å². The molecule has 0 spiro atoms. The molecule has 1 aromatic rings. The number of diazo groups is 1. The number of aromatic nitrogens is 2. The Hall–Kier alpha value is -2.26. The van der Waals surface area contributed by atoms with Gasteiger partial charge in [0.1, 0.15) is 0 Å². The van der Waals surface area contributed by atoms with E-state index in [1.54, 1.807) is 0 Å². The summed E-state index contributed by atoms with van der Waals surface area (Å²) < 4.78 is 114. The van der Waals surface area contributed by atoms with E-state index in [0.717, 1.165) is 4.57 Å². The number of nitrogens with zero attached hydrogens (tertiary/aromatic N) is 6. The summed E-state index contributed by atoms with van der Waals surface area (Å²) in [6.45, 7) is 0. The fraction of sp³-hybridized carbons (Fsp3) is 0.429. The number of alkyl halides is 6. The lowest BCUT2D eigenvalue weighted by molar-refractivity contribution is -0.0518. The molecule has 0 aliphatic carbocycles. The van der Waals surface area contributed by atoms with Gasteiger partial charge in [-0.25, -0.2) is 17.6 Å². The van der Waals surface area contributed by atoms with Crippen LogP contribution in [0.15, 0.2) is 27.3 Å². The second-order valence-corrected chi connectivity index (χ2v) is 6.81. The van der Waals surface area contributed by atoms with E-state index in [2.05, 4.69) is 13.9 Å². The molecule has 0 amide bonds. The van der Waals surface area contributed by atoms with Crippen LogP contribution in [0, 0.1) is 5.39 Å².